The third-order valence-electron chi connectivity index (χ3n) is 5.09. The van der Waals surface area contributed by atoms with Crippen LogP contribution in [0.25, 0.3) is 22.3 Å². The largest absolute Gasteiger partial charge is 0.497 e. The maximum atomic E-state index is 13.9. The molecule has 0 N–H and O–H groups in total. The molecule has 0 unspecified atom stereocenters. The summed E-state index contributed by atoms with van der Waals surface area (Å²) >= 11 is 0. The molecule has 0 spiro atoms. The Bertz CT molecular complexity index is 969. The van der Waals surface area contributed by atoms with Crippen LogP contribution in [-0.2, 0) is 0 Å². The number of hydrogen-bond acceptors (Lipinski definition) is 2. The summed E-state index contributed by atoms with van der Waals surface area (Å²) < 4.78 is 5.42. The molecule has 0 aromatic heterocycles. The van der Waals surface area contributed by atoms with E-state index in [0.29, 0.717) is 0 Å². The molecule has 3 aromatic carbocycles. The zero-order valence-corrected chi connectivity index (χ0v) is 17.8. The Hall–Kier alpha value is -3.07. The molecule has 3 nitrogen and oxygen atoms in total. The van der Waals surface area contributed by atoms with Gasteiger partial charge in [-0.3, -0.25) is 4.79 Å². The fraction of sp³-hybridized carbons (Fsp3) is 0.269. The quantitative estimate of drug-likeness (QED) is 0.497. The fourth-order valence-electron chi connectivity index (χ4n) is 3.87. The zero-order chi connectivity index (χ0) is 21.0. The Morgan fingerprint density at radius 3 is 1.90 bits per heavy atom. The number of amides is 1. The van der Waals surface area contributed by atoms with Crippen LogP contribution in [0.3, 0.4) is 0 Å². The molecule has 3 heteroatoms. The molecule has 0 aliphatic carbocycles. The molecule has 0 saturated heterocycles. The van der Waals surface area contributed by atoms with Gasteiger partial charge >= 0.3 is 0 Å². The first-order chi connectivity index (χ1) is 13.9. The summed E-state index contributed by atoms with van der Waals surface area (Å²) in [6.07, 6.45) is 0. The molecule has 3 aromatic rings. The minimum atomic E-state index is 0.0484. The van der Waals surface area contributed by atoms with Gasteiger partial charge in [-0.05, 0) is 62.1 Å². The van der Waals surface area contributed by atoms with Crippen LogP contribution in [0.1, 0.15) is 38.1 Å². The number of ether oxygens (including phenoxy) is 1. The van der Waals surface area contributed by atoms with Gasteiger partial charge in [-0.15, -0.1) is 0 Å². The molecule has 0 heterocycles. The summed E-state index contributed by atoms with van der Waals surface area (Å²) in [4.78, 5) is 15.8. The second-order valence-corrected chi connectivity index (χ2v) is 7.73. The average molecular weight is 388 g/mol. The highest BCUT2D eigenvalue weighted by Gasteiger charge is 2.27. The molecule has 150 valence electrons. The van der Waals surface area contributed by atoms with Gasteiger partial charge in [-0.25, -0.2) is 0 Å². The highest BCUT2D eigenvalue weighted by molar-refractivity contribution is 6.07. The van der Waals surface area contributed by atoms with Crippen LogP contribution in [0, 0.1) is 0 Å². The molecular weight excluding hydrogens is 358 g/mol. The average Bonchev–Trinajstić information content (AvgIpc) is 2.73. The Morgan fingerprint density at radius 1 is 0.759 bits per heavy atom. The number of rotatable bonds is 6. The van der Waals surface area contributed by atoms with Crippen molar-refractivity contribution < 1.29 is 9.53 Å². The monoisotopic (exact) mass is 387 g/mol. The van der Waals surface area contributed by atoms with Crippen LogP contribution in [0.4, 0.5) is 0 Å². The minimum Gasteiger partial charge on any atom is -0.497 e. The third-order valence-corrected chi connectivity index (χ3v) is 5.09. The van der Waals surface area contributed by atoms with Crippen LogP contribution in [0.5, 0.6) is 5.75 Å². The second kappa shape index (κ2) is 8.95. The van der Waals surface area contributed by atoms with Gasteiger partial charge in [0.05, 0.1) is 12.7 Å². The fourth-order valence-corrected chi connectivity index (χ4v) is 3.87. The zero-order valence-electron chi connectivity index (χ0n) is 17.8. The van der Waals surface area contributed by atoms with E-state index in [1.807, 2.05) is 65.6 Å². The molecule has 1 amide bonds. The molecule has 0 fully saturated rings. The number of hydrogen-bond donors (Lipinski definition) is 0. The van der Waals surface area contributed by atoms with Crippen molar-refractivity contribution in [3.05, 3.63) is 78.4 Å². The minimum absolute atomic E-state index is 0.0484. The van der Waals surface area contributed by atoms with E-state index in [0.717, 1.165) is 33.6 Å². The Morgan fingerprint density at radius 2 is 1.31 bits per heavy atom. The normalized spacial score (nSPS) is 11.0. The summed E-state index contributed by atoms with van der Waals surface area (Å²) in [5.41, 5.74) is 4.60. The van der Waals surface area contributed by atoms with Gasteiger partial charge < -0.3 is 9.64 Å². The first-order valence-corrected chi connectivity index (χ1v) is 10.1. The van der Waals surface area contributed by atoms with E-state index in [9.17, 15) is 4.79 Å². The van der Waals surface area contributed by atoms with E-state index in [-0.39, 0.29) is 18.0 Å². The van der Waals surface area contributed by atoms with Gasteiger partial charge in [0.2, 0.25) is 0 Å². The smallest absolute Gasteiger partial charge is 0.255 e. The van der Waals surface area contributed by atoms with E-state index in [1.165, 1.54) is 0 Å². The molecule has 0 aliphatic heterocycles. The predicted octanol–water partition coefficient (Wildman–Crippen LogP) is 6.29. The number of methoxy groups -OCH3 is 1. The molecule has 0 atom stereocenters. The first-order valence-electron chi connectivity index (χ1n) is 10.1. The van der Waals surface area contributed by atoms with E-state index < -0.39 is 0 Å². The van der Waals surface area contributed by atoms with Crippen LogP contribution in [0.2, 0.25) is 0 Å². The summed E-state index contributed by atoms with van der Waals surface area (Å²) in [5.74, 6) is 0.822. The van der Waals surface area contributed by atoms with Crippen LogP contribution in [-0.4, -0.2) is 30.0 Å². The molecule has 0 aliphatic rings. The maximum absolute atomic E-state index is 13.9. The summed E-state index contributed by atoms with van der Waals surface area (Å²) in [6, 6.07) is 24.3. The van der Waals surface area contributed by atoms with E-state index >= 15 is 0 Å². The van der Waals surface area contributed by atoms with Crippen LogP contribution in [0.15, 0.2) is 72.8 Å². The van der Waals surface area contributed by atoms with Gasteiger partial charge in [0, 0.05) is 12.1 Å². The molecule has 29 heavy (non-hydrogen) atoms. The standard InChI is InChI=1S/C26H29NO2/c1-18(2)27(19(3)4)26(28)25-23(20-11-7-6-8-12-20)15-10-16-24(25)21-13-9-14-22(17-21)29-5/h6-19H,1-5H3. The lowest BCUT2D eigenvalue weighted by molar-refractivity contribution is 0.0645. The predicted molar refractivity (Wildman–Crippen MR) is 120 cm³/mol. The lowest BCUT2D eigenvalue weighted by atomic mass is 9.90. The summed E-state index contributed by atoms with van der Waals surface area (Å²) in [7, 11) is 1.66. The molecule has 0 bridgehead atoms. The number of carbonyl (C=O) groups excluding carboxylic acids is 1. The van der Waals surface area contributed by atoms with Gasteiger partial charge in [0.25, 0.3) is 5.91 Å². The topological polar surface area (TPSA) is 29.5 Å². The van der Waals surface area contributed by atoms with Gasteiger partial charge in [-0.1, -0.05) is 60.7 Å². The molecule has 0 radical (unpaired) electrons. The van der Waals surface area contributed by atoms with Gasteiger partial charge in [0.15, 0.2) is 0 Å². The highest BCUT2D eigenvalue weighted by atomic mass is 16.5. The first kappa shape index (κ1) is 20.7. The third kappa shape index (κ3) is 4.34. The van der Waals surface area contributed by atoms with Crippen molar-refractivity contribution in [1.29, 1.82) is 0 Å². The van der Waals surface area contributed by atoms with E-state index in [2.05, 4.69) is 39.8 Å². The molecular formula is C26H29NO2. The number of benzene rings is 3. The lowest BCUT2D eigenvalue weighted by Crippen LogP contribution is -2.42. The van der Waals surface area contributed by atoms with Crippen LogP contribution >= 0.6 is 0 Å². The van der Waals surface area contributed by atoms with E-state index in [4.69, 9.17) is 4.74 Å². The number of nitrogens with zero attached hydrogens (tertiary/aromatic N) is 1. The Labute approximate surface area is 174 Å². The Balaban J connectivity index is 2.28. The van der Waals surface area contributed by atoms with Crippen molar-refractivity contribution >= 4 is 5.91 Å². The van der Waals surface area contributed by atoms with Crippen molar-refractivity contribution in [3.8, 4) is 28.0 Å². The molecule has 3 rings (SSSR count). The van der Waals surface area contributed by atoms with Crippen molar-refractivity contribution in [2.24, 2.45) is 0 Å². The summed E-state index contributed by atoms with van der Waals surface area (Å²) in [6.45, 7) is 8.25. The van der Waals surface area contributed by atoms with Crippen molar-refractivity contribution in [2.75, 3.05) is 7.11 Å². The van der Waals surface area contributed by atoms with Crippen molar-refractivity contribution in [2.45, 2.75) is 39.8 Å². The van der Waals surface area contributed by atoms with Gasteiger partial charge in [0.1, 0.15) is 5.75 Å². The highest BCUT2D eigenvalue weighted by Crippen LogP contribution is 2.35. The van der Waals surface area contributed by atoms with Crippen molar-refractivity contribution in [3.63, 3.8) is 0 Å². The molecule has 0 saturated carbocycles. The van der Waals surface area contributed by atoms with Gasteiger partial charge in [-0.2, -0.15) is 0 Å². The van der Waals surface area contributed by atoms with Crippen molar-refractivity contribution in [1.82, 2.24) is 4.90 Å². The lowest BCUT2D eigenvalue weighted by Gasteiger charge is -2.32. The van der Waals surface area contributed by atoms with E-state index in [1.54, 1.807) is 7.11 Å². The maximum Gasteiger partial charge on any atom is 0.255 e. The SMILES string of the molecule is COc1cccc(-c2cccc(-c3ccccc3)c2C(=O)N(C(C)C)C(C)C)c1. The second-order valence-electron chi connectivity index (χ2n) is 7.73. The Kier molecular flexibility index (Phi) is 6.38. The van der Waals surface area contributed by atoms with Crippen LogP contribution < -0.4 is 4.74 Å². The summed E-state index contributed by atoms with van der Waals surface area (Å²) in [5, 5.41) is 0. The number of carbonyl (C=O) groups is 1.